The smallest absolute Gasteiger partial charge is 0.369 e. The summed E-state index contributed by atoms with van der Waals surface area (Å²) >= 11 is 0. The topological polar surface area (TPSA) is 69.9 Å². The molecule has 2 amide bonds. The highest BCUT2D eigenvalue weighted by molar-refractivity contribution is 5.87. The monoisotopic (exact) mass is 398 g/mol. The zero-order valence-corrected chi connectivity index (χ0v) is 15.6. The average Bonchev–Trinajstić information content (AvgIpc) is 2.68. The number of nitrogens with two attached hydrogens (primary N) is 1. The van der Waals surface area contributed by atoms with E-state index in [1.165, 1.54) is 6.07 Å². The van der Waals surface area contributed by atoms with Crippen LogP contribution < -0.4 is 10.6 Å². The van der Waals surface area contributed by atoms with Crippen LogP contribution in [-0.4, -0.2) is 66.9 Å². The fourth-order valence-electron chi connectivity index (χ4n) is 3.85. The number of benzene rings is 1. The molecule has 0 spiro atoms. The Balaban J connectivity index is 1.55. The second-order valence-electron chi connectivity index (χ2n) is 7.31. The molecule has 0 unspecified atom stereocenters. The normalized spacial score (nSPS) is 21.6. The number of halogens is 3. The maximum Gasteiger partial charge on any atom is 0.416 e. The summed E-state index contributed by atoms with van der Waals surface area (Å²) in [6, 6.07) is 4.76. The molecule has 1 atom stereocenters. The summed E-state index contributed by atoms with van der Waals surface area (Å²) in [4.78, 5) is 29.7. The summed E-state index contributed by atoms with van der Waals surface area (Å²) in [5, 5.41) is 0. The van der Waals surface area contributed by atoms with E-state index in [4.69, 9.17) is 5.73 Å². The van der Waals surface area contributed by atoms with E-state index in [2.05, 4.69) is 0 Å². The molecule has 6 nitrogen and oxygen atoms in total. The van der Waals surface area contributed by atoms with Crippen LogP contribution in [0.25, 0.3) is 0 Å². The van der Waals surface area contributed by atoms with Crippen molar-refractivity contribution < 1.29 is 22.8 Å². The Morgan fingerprint density at radius 1 is 1.07 bits per heavy atom. The Morgan fingerprint density at radius 2 is 1.79 bits per heavy atom. The van der Waals surface area contributed by atoms with E-state index in [1.807, 2.05) is 9.80 Å². The minimum Gasteiger partial charge on any atom is -0.369 e. The molecule has 9 heteroatoms. The number of hydrogen-bond acceptors (Lipinski definition) is 4. The number of alkyl halides is 3. The molecule has 2 saturated heterocycles. The SMILES string of the molecule is NC(=O)[C@H]1CCCCN1C(=O)CN1CCN(c2cccc(C(F)(F)F)c2)CC1. The van der Waals surface area contributed by atoms with Crippen LogP contribution in [-0.2, 0) is 15.8 Å². The fraction of sp³-hybridized carbons (Fsp3) is 0.579. The van der Waals surface area contributed by atoms with Crippen molar-refractivity contribution in [3.05, 3.63) is 29.8 Å². The van der Waals surface area contributed by atoms with Gasteiger partial charge in [-0.25, -0.2) is 0 Å². The third-order valence-electron chi connectivity index (χ3n) is 5.42. The number of piperazine rings is 1. The van der Waals surface area contributed by atoms with E-state index < -0.39 is 23.7 Å². The number of carbonyl (C=O) groups is 2. The van der Waals surface area contributed by atoms with Gasteiger partial charge in [-0.15, -0.1) is 0 Å². The molecule has 2 N–H and O–H groups in total. The summed E-state index contributed by atoms with van der Waals surface area (Å²) < 4.78 is 38.7. The Bertz CT molecular complexity index is 717. The van der Waals surface area contributed by atoms with Gasteiger partial charge in [0.1, 0.15) is 6.04 Å². The Hall–Kier alpha value is -2.29. The molecule has 0 saturated carbocycles. The van der Waals surface area contributed by atoms with Crippen molar-refractivity contribution in [2.24, 2.45) is 5.73 Å². The first-order valence-corrected chi connectivity index (χ1v) is 9.49. The molecule has 2 heterocycles. The van der Waals surface area contributed by atoms with Gasteiger partial charge in [0, 0.05) is 38.4 Å². The van der Waals surface area contributed by atoms with Crippen molar-refractivity contribution >= 4 is 17.5 Å². The number of piperidine rings is 1. The quantitative estimate of drug-likeness (QED) is 0.838. The molecule has 2 aliphatic heterocycles. The molecule has 1 aromatic rings. The highest BCUT2D eigenvalue weighted by Gasteiger charge is 2.33. The predicted octanol–water partition coefficient (Wildman–Crippen LogP) is 1.69. The molecule has 154 valence electrons. The van der Waals surface area contributed by atoms with Crippen molar-refractivity contribution in [1.82, 2.24) is 9.80 Å². The van der Waals surface area contributed by atoms with E-state index in [1.54, 1.807) is 11.0 Å². The highest BCUT2D eigenvalue weighted by Crippen LogP contribution is 2.31. The van der Waals surface area contributed by atoms with Gasteiger partial charge in [-0.05, 0) is 37.5 Å². The van der Waals surface area contributed by atoms with Crippen molar-refractivity contribution in [2.75, 3.05) is 44.2 Å². The van der Waals surface area contributed by atoms with Gasteiger partial charge in [0.2, 0.25) is 11.8 Å². The van der Waals surface area contributed by atoms with Crippen LogP contribution >= 0.6 is 0 Å². The molecular formula is C19H25F3N4O2. The van der Waals surface area contributed by atoms with Crippen LogP contribution in [0.5, 0.6) is 0 Å². The van der Waals surface area contributed by atoms with E-state index in [-0.39, 0.29) is 12.5 Å². The predicted molar refractivity (Wildman–Crippen MR) is 98.6 cm³/mol. The molecule has 0 radical (unpaired) electrons. The van der Waals surface area contributed by atoms with Crippen molar-refractivity contribution in [1.29, 1.82) is 0 Å². The van der Waals surface area contributed by atoms with Gasteiger partial charge in [0.25, 0.3) is 0 Å². The number of likely N-dealkylation sites (tertiary alicyclic amines) is 1. The molecule has 1 aromatic carbocycles. The molecule has 0 bridgehead atoms. The molecule has 2 fully saturated rings. The lowest BCUT2D eigenvalue weighted by atomic mass is 10.0. The maximum absolute atomic E-state index is 12.9. The number of primary amides is 1. The summed E-state index contributed by atoms with van der Waals surface area (Å²) in [6.45, 7) is 2.94. The van der Waals surface area contributed by atoms with Crippen molar-refractivity contribution in [2.45, 2.75) is 31.5 Å². The first kappa shape index (κ1) is 20.4. The molecular weight excluding hydrogens is 373 g/mol. The van der Waals surface area contributed by atoms with Crippen LogP contribution in [0.4, 0.5) is 18.9 Å². The van der Waals surface area contributed by atoms with Gasteiger partial charge in [-0.2, -0.15) is 13.2 Å². The Morgan fingerprint density at radius 3 is 2.43 bits per heavy atom. The van der Waals surface area contributed by atoms with Crippen molar-refractivity contribution in [3.63, 3.8) is 0 Å². The number of anilines is 1. The van der Waals surface area contributed by atoms with Crippen LogP contribution in [0.1, 0.15) is 24.8 Å². The summed E-state index contributed by atoms with van der Waals surface area (Å²) in [5.41, 5.74) is 5.29. The third-order valence-corrected chi connectivity index (χ3v) is 5.42. The summed E-state index contributed by atoms with van der Waals surface area (Å²) in [7, 11) is 0. The first-order valence-electron chi connectivity index (χ1n) is 9.49. The second kappa shape index (κ2) is 8.38. The largest absolute Gasteiger partial charge is 0.416 e. The van der Waals surface area contributed by atoms with Crippen molar-refractivity contribution in [3.8, 4) is 0 Å². The molecule has 0 aromatic heterocycles. The van der Waals surface area contributed by atoms with E-state index in [9.17, 15) is 22.8 Å². The highest BCUT2D eigenvalue weighted by atomic mass is 19.4. The van der Waals surface area contributed by atoms with Crippen LogP contribution in [0.2, 0.25) is 0 Å². The summed E-state index contributed by atoms with van der Waals surface area (Å²) in [5.74, 6) is -0.585. The van der Waals surface area contributed by atoms with E-state index >= 15 is 0 Å². The lowest BCUT2D eigenvalue weighted by Gasteiger charge is -2.38. The molecule has 28 heavy (non-hydrogen) atoms. The number of amides is 2. The first-order chi connectivity index (χ1) is 13.3. The number of nitrogens with zero attached hydrogens (tertiary/aromatic N) is 3. The summed E-state index contributed by atoms with van der Waals surface area (Å²) in [6.07, 6.45) is -2.02. The zero-order valence-electron chi connectivity index (χ0n) is 15.6. The zero-order chi connectivity index (χ0) is 20.3. The number of hydrogen-bond donors (Lipinski definition) is 1. The average molecular weight is 398 g/mol. The fourth-order valence-corrected chi connectivity index (χ4v) is 3.85. The van der Waals surface area contributed by atoms with Gasteiger partial charge in [0.15, 0.2) is 0 Å². The third kappa shape index (κ3) is 4.76. The lowest BCUT2D eigenvalue weighted by molar-refractivity contribution is -0.142. The van der Waals surface area contributed by atoms with Gasteiger partial charge in [-0.1, -0.05) is 6.07 Å². The van der Waals surface area contributed by atoms with Crippen LogP contribution in [0, 0.1) is 0 Å². The van der Waals surface area contributed by atoms with E-state index in [0.29, 0.717) is 44.8 Å². The molecule has 0 aliphatic carbocycles. The van der Waals surface area contributed by atoms with Gasteiger partial charge in [0.05, 0.1) is 12.1 Å². The van der Waals surface area contributed by atoms with Gasteiger partial charge < -0.3 is 15.5 Å². The standard InChI is InChI=1S/C19H25F3N4O2/c20-19(21,22)14-4-3-5-15(12-14)25-10-8-24(9-11-25)13-17(27)26-7-2-1-6-16(26)18(23)28/h3-5,12,16H,1-2,6-11,13H2,(H2,23,28)/t16-/m1/s1. The number of rotatable bonds is 4. The minimum atomic E-state index is -4.37. The second-order valence-corrected chi connectivity index (χ2v) is 7.31. The number of carbonyl (C=O) groups excluding carboxylic acids is 2. The van der Waals surface area contributed by atoms with Gasteiger partial charge >= 0.3 is 6.18 Å². The lowest BCUT2D eigenvalue weighted by Crippen LogP contribution is -2.55. The Kier molecular flexibility index (Phi) is 6.12. The van der Waals surface area contributed by atoms with Crippen LogP contribution in [0.3, 0.4) is 0 Å². The molecule has 2 aliphatic rings. The van der Waals surface area contributed by atoms with Crippen LogP contribution in [0.15, 0.2) is 24.3 Å². The maximum atomic E-state index is 12.9. The minimum absolute atomic E-state index is 0.115. The van der Waals surface area contributed by atoms with E-state index in [0.717, 1.165) is 25.0 Å². The molecule has 3 rings (SSSR count). The van der Waals surface area contributed by atoms with Gasteiger partial charge in [-0.3, -0.25) is 14.5 Å². The Labute approximate surface area is 162 Å².